The largest absolute Gasteiger partial charge is 0.481 e. The van der Waals surface area contributed by atoms with Crippen LogP contribution in [-0.2, 0) is 15.1 Å². The number of hydrogen-bond acceptors (Lipinski definition) is 3. The summed E-state index contributed by atoms with van der Waals surface area (Å²) in [7, 11) is 0. The topological polar surface area (TPSA) is 55.8 Å². The van der Waals surface area contributed by atoms with Crippen LogP contribution in [-0.4, -0.2) is 17.7 Å². The van der Waals surface area contributed by atoms with Gasteiger partial charge in [-0.05, 0) is 86.1 Å². The van der Waals surface area contributed by atoms with Crippen molar-refractivity contribution in [3.8, 4) is 11.5 Å². The highest BCUT2D eigenvalue weighted by atomic mass is 16.5. The molecule has 2 heterocycles. The molecule has 0 amide bonds. The summed E-state index contributed by atoms with van der Waals surface area (Å²) in [5.74, 6) is 1.37. The number of carboxylic acid groups (broad SMARTS) is 1. The first-order chi connectivity index (χ1) is 14.1. The molecule has 0 spiro atoms. The standard InChI is InChI=1S/C25H28O4/c26-23(27)22-15-18(22)9-10-24-11-13-25(14-12-24,28-17-24)19-5-4-8-21(16-19)29-20-6-2-1-3-7-20/h1-8,16,18,22H,9-15,17H2,(H,26,27)/t18-,22-,24?,25?/m1/s1. The van der Waals surface area contributed by atoms with Gasteiger partial charge in [0.1, 0.15) is 11.5 Å². The molecule has 1 N–H and O–H groups in total. The third-order valence-electron chi connectivity index (χ3n) is 7.40. The molecular weight excluding hydrogens is 364 g/mol. The number of ether oxygens (including phenoxy) is 2. The molecule has 152 valence electrons. The second kappa shape index (κ2) is 7.17. The van der Waals surface area contributed by atoms with Crippen molar-refractivity contribution >= 4 is 5.97 Å². The lowest BCUT2D eigenvalue weighted by molar-refractivity contribution is -0.192. The van der Waals surface area contributed by atoms with Crippen LogP contribution in [0.3, 0.4) is 0 Å². The Balaban J connectivity index is 1.24. The average Bonchev–Trinajstić information content (AvgIpc) is 3.55. The Morgan fingerprint density at radius 2 is 1.79 bits per heavy atom. The van der Waals surface area contributed by atoms with E-state index >= 15 is 0 Å². The average molecular weight is 392 g/mol. The van der Waals surface area contributed by atoms with E-state index in [-0.39, 0.29) is 16.9 Å². The number of fused-ring (bicyclic) bond motifs is 3. The van der Waals surface area contributed by atoms with Crippen molar-refractivity contribution in [1.29, 1.82) is 0 Å². The maximum absolute atomic E-state index is 11.1. The van der Waals surface area contributed by atoms with E-state index in [0.717, 1.165) is 50.2 Å². The van der Waals surface area contributed by atoms with Gasteiger partial charge in [0.05, 0.1) is 18.1 Å². The number of benzene rings is 2. The molecular formula is C25H28O4. The highest BCUT2D eigenvalue weighted by Gasteiger charge is 2.52. The highest BCUT2D eigenvalue weighted by Crippen LogP contribution is 2.57. The van der Waals surface area contributed by atoms with Crippen molar-refractivity contribution in [1.82, 2.24) is 0 Å². The maximum Gasteiger partial charge on any atom is 0.306 e. The van der Waals surface area contributed by atoms with Gasteiger partial charge in [0, 0.05) is 0 Å². The summed E-state index contributed by atoms with van der Waals surface area (Å²) in [6.45, 7) is 0.793. The molecule has 2 aliphatic heterocycles. The van der Waals surface area contributed by atoms with Gasteiger partial charge in [0.25, 0.3) is 0 Å². The molecule has 4 heteroatoms. The third-order valence-corrected chi connectivity index (χ3v) is 7.40. The smallest absolute Gasteiger partial charge is 0.306 e. The lowest BCUT2D eigenvalue weighted by Gasteiger charge is -2.53. The van der Waals surface area contributed by atoms with Gasteiger partial charge in [-0.3, -0.25) is 4.79 Å². The van der Waals surface area contributed by atoms with E-state index in [1.54, 1.807) is 0 Å². The predicted octanol–water partition coefficient (Wildman–Crippen LogP) is 5.77. The van der Waals surface area contributed by atoms with E-state index in [1.165, 1.54) is 18.4 Å². The fourth-order valence-corrected chi connectivity index (χ4v) is 5.29. The van der Waals surface area contributed by atoms with E-state index in [9.17, 15) is 4.79 Å². The van der Waals surface area contributed by atoms with Gasteiger partial charge in [-0.1, -0.05) is 30.3 Å². The Morgan fingerprint density at radius 3 is 2.45 bits per heavy atom. The van der Waals surface area contributed by atoms with E-state index in [0.29, 0.717) is 5.92 Å². The summed E-state index contributed by atoms with van der Waals surface area (Å²) in [4.78, 5) is 11.1. The van der Waals surface area contributed by atoms with Crippen LogP contribution in [0.2, 0.25) is 0 Å². The zero-order valence-corrected chi connectivity index (χ0v) is 16.7. The fraction of sp³-hybridized carbons (Fsp3) is 0.480. The lowest BCUT2D eigenvalue weighted by atomic mass is 9.62. The molecule has 2 bridgehead atoms. The van der Waals surface area contributed by atoms with E-state index in [1.807, 2.05) is 36.4 Å². The van der Waals surface area contributed by atoms with Crippen LogP contribution in [0.25, 0.3) is 0 Å². The van der Waals surface area contributed by atoms with Gasteiger partial charge < -0.3 is 14.6 Å². The number of aliphatic carboxylic acids is 1. The minimum Gasteiger partial charge on any atom is -0.481 e. The van der Waals surface area contributed by atoms with Crippen molar-refractivity contribution in [2.24, 2.45) is 17.3 Å². The molecule has 2 saturated carbocycles. The normalized spacial score (nSPS) is 32.7. The minimum atomic E-state index is -0.618. The first-order valence-electron chi connectivity index (χ1n) is 10.8. The molecule has 29 heavy (non-hydrogen) atoms. The number of carboxylic acids is 1. The molecule has 0 aromatic heterocycles. The number of rotatable bonds is 7. The molecule has 2 atom stereocenters. The van der Waals surface area contributed by atoms with Gasteiger partial charge >= 0.3 is 5.97 Å². The molecule has 0 unspecified atom stereocenters. The van der Waals surface area contributed by atoms with Crippen LogP contribution in [0.5, 0.6) is 11.5 Å². The van der Waals surface area contributed by atoms with Crippen LogP contribution >= 0.6 is 0 Å². The SMILES string of the molecule is O=C(O)[C@@H]1C[C@H]1CCC12CCC(c3cccc(Oc4ccccc4)c3)(CC1)OC2. The van der Waals surface area contributed by atoms with Gasteiger partial charge in [-0.2, -0.15) is 0 Å². The number of hydrogen-bond donors (Lipinski definition) is 1. The highest BCUT2D eigenvalue weighted by molar-refractivity contribution is 5.73. The summed E-state index contributed by atoms with van der Waals surface area (Å²) in [6.07, 6.45) is 7.42. The van der Waals surface area contributed by atoms with Gasteiger partial charge in [0.15, 0.2) is 0 Å². The molecule has 4 aliphatic rings. The van der Waals surface area contributed by atoms with E-state index in [4.69, 9.17) is 14.6 Å². The van der Waals surface area contributed by atoms with Crippen molar-refractivity contribution in [2.45, 2.75) is 50.5 Å². The summed E-state index contributed by atoms with van der Waals surface area (Å²) >= 11 is 0. The summed E-state index contributed by atoms with van der Waals surface area (Å²) in [6, 6.07) is 18.2. The van der Waals surface area contributed by atoms with Crippen LogP contribution in [0.1, 0.15) is 50.5 Å². The number of carbonyl (C=O) groups is 1. The minimum absolute atomic E-state index is 0.0917. The first-order valence-corrected chi connectivity index (χ1v) is 10.8. The second-order valence-corrected chi connectivity index (χ2v) is 9.21. The van der Waals surface area contributed by atoms with Crippen molar-refractivity contribution in [3.05, 3.63) is 60.2 Å². The molecule has 0 radical (unpaired) electrons. The Hall–Kier alpha value is -2.33. The zero-order chi connectivity index (χ0) is 19.9. The second-order valence-electron chi connectivity index (χ2n) is 9.21. The predicted molar refractivity (Wildman–Crippen MR) is 110 cm³/mol. The Labute approximate surface area is 171 Å². The van der Waals surface area contributed by atoms with Gasteiger partial charge in [0.2, 0.25) is 0 Å². The van der Waals surface area contributed by atoms with Crippen molar-refractivity contribution in [3.63, 3.8) is 0 Å². The molecule has 2 aromatic rings. The molecule has 4 fully saturated rings. The summed E-state index contributed by atoms with van der Waals surface area (Å²) in [5.41, 5.74) is 1.28. The van der Waals surface area contributed by atoms with Crippen LogP contribution in [0, 0.1) is 17.3 Å². The van der Waals surface area contributed by atoms with Crippen LogP contribution in [0.4, 0.5) is 0 Å². The van der Waals surface area contributed by atoms with Crippen LogP contribution in [0.15, 0.2) is 54.6 Å². The quantitative estimate of drug-likeness (QED) is 0.650. The summed E-state index contributed by atoms with van der Waals surface area (Å²) in [5, 5.41) is 9.13. The van der Waals surface area contributed by atoms with Crippen molar-refractivity contribution < 1.29 is 19.4 Å². The fourth-order valence-electron chi connectivity index (χ4n) is 5.29. The molecule has 2 aliphatic carbocycles. The summed E-state index contributed by atoms with van der Waals surface area (Å²) < 4.78 is 12.5. The lowest BCUT2D eigenvalue weighted by Crippen LogP contribution is -2.49. The number of para-hydroxylation sites is 1. The molecule has 6 rings (SSSR count). The monoisotopic (exact) mass is 392 g/mol. The van der Waals surface area contributed by atoms with E-state index in [2.05, 4.69) is 18.2 Å². The Kier molecular flexibility index (Phi) is 4.62. The van der Waals surface area contributed by atoms with E-state index < -0.39 is 5.97 Å². The Morgan fingerprint density at radius 1 is 1.03 bits per heavy atom. The molecule has 2 aromatic carbocycles. The van der Waals surface area contributed by atoms with Gasteiger partial charge in [-0.15, -0.1) is 0 Å². The first kappa shape index (κ1) is 18.7. The third kappa shape index (κ3) is 3.66. The van der Waals surface area contributed by atoms with Crippen LogP contribution < -0.4 is 4.74 Å². The molecule has 2 saturated heterocycles. The maximum atomic E-state index is 11.1. The molecule has 4 nitrogen and oxygen atoms in total. The van der Waals surface area contributed by atoms with Gasteiger partial charge in [-0.25, -0.2) is 0 Å². The zero-order valence-electron chi connectivity index (χ0n) is 16.7. The van der Waals surface area contributed by atoms with Crippen molar-refractivity contribution in [2.75, 3.05) is 6.61 Å². The Bertz CT molecular complexity index is 866.